The van der Waals surface area contributed by atoms with Gasteiger partial charge in [0.1, 0.15) is 17.1 Å². The highest BCUT2D eigenvalue weighted by atomic mass is 16.5. The van der Waals surface area contributed by atoms with Crippen LogP contribution in [0.1, 0.15) is 5.56 Å². The second-order valence-electron chi connectivity index (χ2n) is 7.06. The van der Waals surface area contributed by atoms with Gasteiger partial charge in [-0.25, -0.2) is 19.6 Å². The van der Waals surface area contributed by atoms with Gasteiger partial charge in [-0.3, -0.25) is 4.57 Å². The van der Waals surface area contributed by atoms with E-state index >= 15 is 0 Å². The summed E-state index contributed by atoms with van der Waals surface area (Å²) in [6.45, 7) is 0.702. The van der Waals surface area contributed by atoms with E-state index in [4.69, 9.17) is 20.4 Å². The third-order valence-corrected chi connectivity index (χ3v) is 5.25. The van der Waals surface area contributed by atoms with Crippen LogP contribution >= 0.6 is 0 Å². The highest BCUT2D eigenvalue weighted by molar-refractivity contribution is 5.83. The van der Waals surface area contributed by atoms with Gasteiger partial charge in [0.15, 0.2) is 17.3 Å². The van der Waals surface area contributed by atoms with Crippen LogP contribution in [-0.4, -0.2) is 35.9 Å². The normalized spacial score (nSPS) is 12.8. The number of imidazole rings is 1. The van der Waals surface area contributed by atoms with Crippen molar-refractivity contribution in [2.45, 2.75) is 6.42 Å². The second-order valence-corrected chi connectivity index (χ2v) is 7.06. The number of nitrogens with zero attached hydrogens (tertiary/aromatic N) is 6. The first-order valence-electron chi connectivity index (χ1n) is 9.64. The van der Waals surface area contributed by atoms with Crippen molar-refractivity contribution in [1.82, 2.24) is 29.3 Å². The summed E-state index contributed by atoms with van der Waals surface area (Å²) >= 11 is 0. The lowest BCUT2D eigenvalue weighted by Gasteiger charge is -2.12. The Morgan fingerprint density at radius 1 is 1.00 bits per heavy atom. The zero-order valence-electron chi connectivity index (χ0n) is 15.9. The summed E-state index contributed by atoms with van der Waals surface area (Å²) in [4.78, 5) is 14.0. The van der Waals surface area contributed by atoms with Crippen LogP contribution in [0.2, 0.25) is 0 Å². The van der Waals surface area contributed by atoms with E-state index in [1.54, 1.807) is 17.1 Å². The standard InChI is InChI=1S/C22H17N7O/c23-20-16(3-1-9-24-20)21-26-17-6-7-19(28-11-2-10-25-28)27-22(17)29(21)15-5-4-14-8-12-30-18(14)13-15/h1-7,9-11,13H,8,12H2,(H2,23,24). The molecule has 0 fully saturated rings. The zero-order valence-corrected chi connectivity index (χ0v) is 15.9. The van der Waals surface area contributed by atoms with E-state index < -0.39 is 0 Å². The van der Waals surface area contributed by atoms with E-state index in [-0.39, 0.29) is 0 Å². The van der Waals surface area contributed by atoms with Gasteiger partial charge in [-0.1, -0.05) is 6.07 Å². The van der Waals surface area contributed by atoms with Gasteiger partial charge >= 0.3 is 0 Å². The molecule has 0 unspecified atom stereocenters. The lowest BCUT2D eigenvalue weighted by Crippen LogP contribution is -2.03. The van der Waals surface area contributed by atoms with Gasteiger partial charge in [-0.05, 0) is 42.0 Å². The van der Waals surface area contributed by atoms with E-state index in [1.807, 2.05) is 47.2 Å². The fraction of sp³-hybridized carbons (Fsp3) is 0.0909. The van der Waals surface area contributed by atoms with Gasteiger partial charge in [0.2, 0.25) is 0 Å². The van der Waals surface area contributed by atoms with Gasteiger partial charge < -0.3 is 10.5 Å². The van der Waals surface area contributed by atoms with Gasteiger partial charge in [0, 0.05) is 31.1 Å². The maximum Gasteiger partial charge on any atom is 0.167 e. The number of anilines is 1. The van der Waals surface area contributed by atoms with Crippen molar-refractivity contribution in [2.24, 2.45) is 0 Å². The summed E-state index contributed by atoms with van der Waals surface area (Å²) in [6.07, 6.45) is 6.18. The summed E-state index contributed by atoms with van der Waals surface area (Å²) in [7, 11) is 0. The molecule has 0 bridgehead atoms. The zero-order chi connectivity index (χ0) is 20.1. The molecule has 2 N–H and O–H groups in total. The minimum Gasteiger partial charge on any atom is -0.493 e. The smallest absolute Gasteiger partial charge is 0.167 e. The van der Waals surface area contributed by atoms with Crippen molar-refractivity contribution in [3.63, 3.8) is 0 Å². The average molecular weight is 395 g/mol. The topological polar surface area (TPSA) is 96.7 Å². The number of ether oxygens (including phenoxy) is 1. The second kappa shape index (κ2) is 6.41. The molecule has 0 amide bonds. The largest absolute Gasteiger partial charge is 0.493 e. The molecular formula is C22H17N7O. The predicted molar refractivity (Wildman–Crippen MR) is 113 cm³/mol. The van der Waals surface area contributed by atoms with Crippen LogP contribution in [0.3, 0.4) is 0 Å². The molecule has 30 heavy (non-hydrogen) atoms. The Morgan fingerprint density at radius 3 is 2.83 bits per heavy atom. The Hall–Kier alpha value is -4.20. The van der Waals surface area contributed by atoms with E-state index in [1.165, 1.54) is 5.56 Å². The van der Waals surface area contributed by atoms with Crippen LogP contribution in [0.25, 0.3) is 34.1 Å². The van der Waals surface area contributed by atoms with Gasteiger partial charge in [0.25, 0.3) is 0 Å². The van der Waals surface area contributed by atoms with Crippen LogP contribution in [0.15, 0.2) is 67.1 Å². The Kier molecular flexibility index (Phi) is 3.58. The fourth-order valence-electron chi connectivity index (χ4n) is 3.81. The van der Waals surface area contributed by atoms with Crippen molar-refractivity contribution in [2.75, 3.05) is 12.3 Å². The number of fused-ring (bicyclic) bond motifs is 2. The quantitative estimate of drug-likeness (QED) is 0.504. The number of benzene rings is 1. The minimum atomic E-state index is 0.416. The molecular weight excluding hydrogens is 378 g/mol. The molecule has 0 aliphatic carbocycles. The summed E-state index contributed by atoms with van der Waals surface area (Å²) in [5.41, 5.74) is 10.5. The molecule has 1 aliphatic heterocycles. The van der Waals surface area contributed by atoms with Gasteiger partial charge in [-0.15, -0.1) is 0 Å². The number of hydrogen-bond donors (Lipinski definition) is 1. The van der Waals surface area contributed by atoms with Crippen LogP contribution in [0.4, 0.5) is 5.82 Å². The molecule has 8 nitrogen and oxygen atoms in total. The molecule has 6 rings (SSSR count). The summed E-state index contributed by atoms with van der Waals surface area (Å²) in [5, 5.41) is 4.30. The highest BCUT2D eigenvalue weighted by Gasteiger charge is 2.20. The molecule has 5 heterocycles. The van der Waals surface area contributed by atoms with E-state index in [2.05, 4.69) is 22.2 Å². The van der Waals surface area contributed by atoms with E-state index in [0.29, 0.717) is 29.7 Å². The van der Waals surface area contributed by atoms with Crippen LogP contribution in [0, 0.1) is 0 Å². The van der Waals surface area contributed by atoms with Crippen molar-refractivity contribution >= 4 is 17.0 Å². The monoisotopic (exact) mass is 395 g/mol. The Morgan fingerprint density at radius 2 is 1.97 bits per heavy atom. The average Bonchev–Trinajstić information content (AvgIpc) is 3.51. The van der Waals surface area contributed by atoms with Crippen LogP contribution in [0.5, 0.6) is 5.75 Å². The molecule has 1 aliphatic rings. The molecule has 0 spiro atoms. The maximum atomic E-state index is 6.19. The summed E-state index contributed by atoms with van der Waals surface area (Å²) < 4.78 is 9.52. The fourth-order valence-corrected chi connectivity index (χ4v) is 3.81. The number of pyridine rings is 2. The number of hydrogen-bond acceptors (Lipinski definition) is 6. The van der Waals surface area contributed by atoms with Crippen LogP contribution in [-0.2, 0) is 6.42 Å². The SMILES string of the molecule is Nc1ncccc1-c1nc2ccc(-n3cccn3)nc2n1-c1ccc2c(c1)OCC2. The third-order valence-electron chi connectivity index (χ3n) is 5.25. The lowest BCUT2D eigenvalue weighted by molar-refractivity contribution is 0.356. The first-order valence-corrected chi connectivity index (χ1v) is 9.64. The lowest BCUT2D eigenvalue weighted by atomic mass is 10.1. The van der Waals surface area contributed by atoms with Crippen molar-refractivity contribution in [3.05, 3.63) is 72.7 Å². The number of nitrogens with two attached hydrogens (primary N) is 1. The maximum absolute atomic E-state index is 6.19. The molecule has 146 valence electrons. The molecule has 8 heteroatoms. The van der Waals surface area contributed by atoms with Crippen LogP contribution < -0.4 is 10.5 Å². The molecule has 0 saturated heterocycles. The minimum absolute atomic E-state index is 0.416. The molecule has 1 aromatic carbocycles. The third kappa shape index (κ3) is 2.54. The van der Waals surface area contributed by atoms with Crippen molar-refractivity contribution < 1.29 is 4.74 Å². The predicted octanol–water partition coefficient (Wildman–Crippen LogP) is 3.19. The first kappa shape index (κ1) is 16.7. The number of aromatic nitrogens is 6. The molecule has 0 atom stereocenters. The summed E-state index contributed by atoms with van der Waals surface area (Å²) in [5.74, 6) is 2.69. The molecule has 0 radical (unpaired) electrons. The summed E-state index contributed by atoms with van der Waals surface area (Å²) in [6, 6.07) is 15.7. The number of rotatable bonds is 3. The van der Waals surface area contributed by atoms with Gasteiger partial charge in [0.05, 0.1) is 17.9 Å². The van der Waals surface area contributed by atoms with Gasteiger partial charge in [-0.2, -0.15) is 5.10 Å². The molecule has 4 aromatic heterocycles. The molecule has 0 saturated carbocycles. The van der Waals surface area contributed by atoms with E-state index in [0.717, 1.165) is 28.9 Å². The first-order chi connectivity index (χ1) is 14.8. The Balaban J connectivity index is 1.65. The Bertz CT molecular complexity index is 1390. The number of nitrogen functional groups attached to an aromatic ring is 1. The van der Waals surface area contributed by atoms with Crippen molar-refractivity contribution in [1.29, 1.82) is 0 Å². The van der Waals surface area contributed by atoms with E-state index in [9.17, 15) is 0 Å². The highest BCUT2D eigenvalue weighted by Crippen LogP contribution is 2.34. The molecule has 5 aromatic rings. The Labute approximate surface area is 171 Å². The van der Waals surface area contributed by atoms with Crippen molar-refractivity contribution in [3.8, 4) is 28.6 Å².